The van der Waals surface area contributed by atoms with E-state index in [9.17, 15) is 0 Å². The molecule has 0 aliphatic heterocycles. The lowest BCUT2D eigenvalue weighted by molar-refractivity contribution is 0.0470. The van der Waals surface area contributed by atoms with Crippen LogP contribution in [0.5, 0.6) is 0 Å². The average Bonchev–Trinajstić information content (AvgIpc) is 3.01. The van der Waals surface area contributed by atoms with Crippen LogP contribution in [0.15, 0.2) is 72.8 Å². The summed E-state index contributed by atoms with van der Waals surface area (Å²) in [5, 5.41) is 2.52. The molecule has 0 bridgehead atoms. The van der Waals surface area contributed by atoms with E-state index in [1.807, 2.05) is 0 Å². The summed E-state index contributed by atoms with van der Waals surface area (Å²) in [6, 6.07) is 25.7. The van der Waals surface area contributed by atoms with E-state index in [0.717, 1.165) is 5.56 Å². The molecule has 0 N–H and O–H groups in total. The van der Waals surface area contributed by atoms with Gasteiger partial charge in [-0.3, -0.25) is 0 Å². The summed E-state index contributed by atoms with van der Waals surface area (Å²) in [7, 11) is 4.12. The lowest BCUT2D eigenvalue weighted by Gasteiger charge is -2.23. The predicted molar refractivity (Wildman–Crippen MR) is 110 cm³/mol. The minimum absolute atomic E-state index is 0.152. The van der Waals surface area contributed by atoms with Gasteiger partial charge in [0.15, 0.2) is 6.23 Å². The van der Waals surface area contributed by atoms with E-state index in [-0.39, 0.29) is 6.23 Å². The molecule has 0 unspecified atom stereocenters. The van der Waals surface area contributed by atoms with E-state index in [4.69, 9.17) is 4.74 Å². The molecule has 1 heterocycles. The lowest BCUT2D eigenvalue weighted by Crippen LogP contribution is -2.15. The second-order valence-electron chi connectivity index (χ2n) is 6.70. The Kier molecular flexibility index (Phi) is 4.39. The summed E-state index contributed by atoms with van der Waals surface area (Å²) >= 11 is 0. The first-order valence-electron chi connectivity index (χ1n) is 9.07. The Morgan fingerprint density at radius 2 is 1.35 bits per heavy atom. The van der Waals surface area contributed by atoms with Gasteiger partial charge in [0.2, 0.25) is 0 Å². The highest BCUT2D eigenvalue weighted by atomic mass is 16.5. The van der Waals surface area contributed by atoms with Crippen LogP contribution < -0.4 is 4.90 Å². The van der Waals surface area contributed by atoms with Gasteiger partial charge >= 0.3 is 0 Å². The summed E-state index contributed by atoms with van der Waals surface area (Å²) in [5.74, 6) is 0. The molecular formula is C23H24N2O. The number of rotatable bonds is 5. The summed E-state index contributed by atoms with van der Waals surface area (Å²) in [6.45, 7) is 2.70. The lowest BCUT2D eigenvalue weighted by atomic mass is 10.1. The number of fused-ring (bicyclic) bond motifs is 3. The van der Waals surface area contributed by atoms with Crippen molar-refractivity contribution < 1.29 is 4.74 Å². The van der Waals surface area contributed by atoms with Crippen molar-refractivity contribution in [2.75, 3.05) is 25.6 Å². The fourth-order valence-electron chi connectivity index (χ4n) is 3.62. The second-order valence-corrected chi connectivity index (χ2v) is 6.70. The predicted octanol–water partition coefficient (Wildman–Crippen LogP) is 5.44. The molecule has 3 heteroatoms. The van der Waals surface area contributed by atoms with Crippen LogP contribution in [-0.2, 0) is 4.74 Å². The average molecular weight is 344 g/mol. The van der Waals surface area contributed by atoms with Crippen molar-refractivity contribution in [1.82, 2.24) is 4.57 Å². The van der Waals surface area contributed by atoms with E-state index < -0.39 is 0 Å². The Labute approximate surface area is 154 Å². The number of anilines is 1. The molecule has 132 valence electrons. The van der Waals surface area contributed by atoms with Gasteiger partial charge in [-0.2, -0.15) is 0 Å². The first kappa shape index (κ1) is 16.7. The zero-order chi connectivity index (χ0) is 18.1. The van der Waals surface area contributed by atoms with Gasteiger partial charge in [-0.1, -0.05) is 48.5 Å². The molecule has 3 aromatic carbocycles. The van der Waals surface area contributed by atoms with Crippen LogP contribution in [0, 0.1) is 0 Å². The Balaban J connectivity index is 1.94. The fourth-order valence-corrected chi connectivity index (χ4v) is 3.62. The number of hydrogen-bond donors (Lipinski definition) is 0. The van der Waals surface area contributed by atoms with Crippen molar-refractivity contribution in [2.24, 2.45) is 0 Å². The minimum Gasteiger partial charge on any atom is -0.378 e. The zero-order valence-corrected chi connectivity index (χ0v) is 15.5. The Morgan fingerprint density at radius 3 is 1.85 bits per heavy atom. The Hall–Kier alpha value is -2.78. The first-order chi connectivity index (χ1) is 12.7. The smallest absolute Gasteiger partial charge is 0.160 e. The molecule has 3 nitrogen and oxygen atoms in total. The largest absolute Gasteiger partial charge is 0.378 e. The van der Waals surface area contributed by atoms with Crippen LogP contribution in [0.25, 0.3) is 21.8 Å². The zero-order valence-electron chi connectivity index (χ0n) is 15.5. The van der Waals surface area contributed by atoms with Crippen LogP contribution in [0.2, 0.25) is 0 Å². The molecule has 1 aromatic heterocycles. The maximum absolute atomic E-state index is 6.24. The number of para-hydroxylation sites is 2. The van der Waals surface area contributed by atoms with Crippen LogP contribution in [-0.4, -0.2) is 25.3 Å². The van der Waals surface area contributed by atoms with E-state index in [2.05, 4.69) is 103 Å². The number of hydrogen-bond acceptors (Lipinski definition) is 2. The summed E-state index contributed by atoms with van der Waals surface area (Å²) < 4.78 is 8.56. The SMILES string of the molecule is CCO[C@@H](c1ccc(N(C)C)cc1)n1c2ccccc2c2ccccc21. The van der Waals surface area contributed by atoms with Crippen molar-refractivity contribution >= 4 is 27.5 Å². The maximum Gasteiger partial charge on any atom is 0.160 e. The van der Waals surface area contributed by atoms with Crippen molar-refractivity contribution in [3.63, 3.8) is 0 Å². The van der Waals surface area contributed by atoms with Crippen molar-refractivity contribution in [3.8, 4) is 0 Å². The molecule has 4 rings (SSSR count). The summed E-state index contributed by atoms with van der Waals surface area (Å²) in [6.07, 6.45) is -0.152. The van der Waals surface area contributed by atoms with Crippen LogP contribution in [0.3, 0.4) is 0 Å². The molecule has 0 amide bonds. The molecule has 0 aliphatic rings. The van der Waals surface area contributed by atoms with Gasteiger partial charge in [0, 0.05) is 42.7 Å². The molecule has 1 atom stereocenters. The van der Waals surface area contributed by atoms with Crippen molar-refractivity contribution in [1.29, 1.82) is 0 Å². The quantitative estimate of drug-likeness (QED) is 0.479. The van der Waals surface area contributed by atoms with Gasteiger partial charge in [-0.25, -0.2) is 0 Å². The molecule has 0 radical (unpaired) electrons. The van der Waals surface area contributed by atoms with Gasteiger partial charge in [0.1, 0.15) is 0 Å². The molecular weight excluding hydrogens is 320 g/mol. The van der Waals surface area contributed by atoms with E-state index >= 15 is 0 Å². The van der Waals surface area contributed by atoms with Gasteiger partial charge in [0.25, 0.3) is 0 Å². The minimum atomic E-state index is -0.152. The number of aromatic nitrogens is 1. The monoisotopic (exact) mass is 344 g/mol. The van der Waals surface area contributed by atoms with E-state index in [1.54, 1.807) is 0 Å². The third-order valence-corrected chi connectivity index (χ3v) is 4.87. The third kappa shape index (κ3) is 2.74. The second kappa shape index (κ2) is 6.85. The first-order valence-corrected chi connectivity index (χ1v) is 9.07. The maximum atomic E-state index is 6.24. The molecule has 0 fully saturated rings. The van der Waals surface area contributed by atoms with Crippen LogP contribution >= 0.6 is 0 Å². The van der Waals surface area contributed by atoms with E-state index in [0.29, 0.717) is 6.61 Å². The fraction of sp³-hybridized carbons (Fsp3) is 0.217. The molecule has 26 heavy (non-hydrogen) atoms. The molecule has 0 saturated heterocycles. The van der Waals surface area contributed by atoms with Crippen molar-refractivity contribution in [2.45, 2.75) is 13.2 Å². The molecule has 0 saturated carbocycles. The molecule has 0 aliphatic carbocycles. The number of ether oxygens (including phenoxy) is 1. The third-order valence-electron chi connectivity index (χ3n) is 4.87. The molecule has 0 spiro atoms. The van der Waals surface area contributed by atoms with Crippen LogP contribution in [0.1, 0.15) is 18.7 Å². The highest BCUT2D eigenvalue weighted by molar-refractivity contribution is 6.08. The number of nitrogens with zero attached hydrogens (tertiary/aromatic N) is 2. The highest BCUT2D eigenvalue weighted by Gasteiger charge is 2.20. The van der Waals surface area contributed by atoms with Gasteiger partial charge in [0.05, 0.1) is 11.0 Å². The Morgan fingerprint density at radius 1 is 0.808 bits per heavy atom. The van der Waals surface area contributed by atoms with Crippen molar-refractivity contribution in [3.05, 3.63) is 78.4 Å². The highest BCUT2D eigenvalue weighted by Crippen LogP contribution is 2.35. The standard InChI is InChI=1S/C23H24N2O/c1-4-26-23(17-13-15-18(16-14-17)24(2)3)25-21-11-7-5-9-19(21)20-10-6-8-12-22(20)25/h5-16,23H,4H2,1-3H3/t23-/m0/s1. The van der Waals surface area contributed by atoms with Gasteiger partial charge in [-0.15, -0.1) is 0 Å². The summed E-state index contributed by atoms with van der Waals surface area (Å²) in [5.41, 5.74) is 4.74. The normalized spacial score (nSPS) is 12.6. The topological polar surface area (TPSA) is 17.4 Å². The van der Waals surface area contributed by atoms with Gasteiger partial charge < -0.3 is 14.2 Å². The van der Waals surface area contributed by atoms with Gasteiger partial charge in [-0.05, 0) is 31.2 Å². The Bertz CT molecular complexity index is 978. The van der Waals surface area contributed by atoms with E-state index in [1.165, 1.54) is 27.5 Å². The van der Waals surface area contributed by atoms with Crippen LogP contribution in [0.4, 0.5) is 5.69 Å². The summed E-state index contributed by atoms with van der Waals surface area (Å²) in [4.78, 5) is 2.11. The number of benzene rings is 3. The molecule has 4 aromatic rings.